The van der Waals surface area contributed by atoms with Gasteiger partial charge in [0.15, 0.2) is 0 Å². The van der Waals surface area contributed by atoms with Crippen molar-refractivity contribution in [2.75, 3.05) is 13.1 Å². The molecule has 0 amide bonds. The Hall–Kier alpha value is -0.560. The highest BCUT2D eigenvalue weighted by molar-refractivity contribution is 4.82. The maximum atomic E-state index is 3.09. The van der Waals surface area contributed by atoms with Crippen LogP contribution in [-0.2, 0) is 0 Å². The van der Waals surface area contributed by atoms with Crippen molar-refractivity contribution in [2.24, 2.45) is 0 Å². The van der Waals surface area contributed by atoms with E-state index < -0.39 is 0 Å². The molecule has 0 saturated heterocycles. The van der Waals surface area contributed by atoms with Crippen LogP contribution in [0.4, 0.5) is 0 Å². The summed E-state index contributed by atoms with van der Waals surface area (Å²) in [7, 11) is 0. The van der Waals surface area contributed by atoms with Crippen LogP contribution < -0.4 is 0 Å². The van der Waals surface area contributed by atoms with Crippen molar-refractivity contribution < 1.29 is 0 Å². The number of unbranched alkanes of at least 4 members (excludes halogenated alkanes) is 54. The monoisotopic (exact) mass is 1040 g/mol. The van der Waals surface area contributed by atoms with E-state index in [0.29, 0.717) is 0 Å². The Morgan fingerprint density at radius 2 is 0.351 bits per heavy atom. The molecule has 0 fully saturated rings. The van der Waals surface area contributed by atoms with Gasteiger partial charge in [-0.1, -0.05) is 373 Å². The average Bonchev–Trinajstić information content (AvgIpc) is 3.41. The van der Waals surface area contributed by atoms with E-state index in [-0.39, 0.29) is 0 Å². The molecule has 0 atom stereocenters. The minimum Gasteiger partial charge on any atom is -0.300 e. The van der Waals surface area contributed by atoms with Crippen LogP contribution in [0.15, 0.2) is 24.3 Å². The third-order valence-electron chi connectivity index (χ3n) is 17.2. The van der Waals surface area contributed by atoms with E-state index in [0.717, 1.165) is 6.04 Å². The summed E-state index contributed by atoms with van der Waals surface area (Å²) in [5.74, 6) is 0. The summed E-state index contributed by atoms with van der Waals surface area (Å²) in [5.41, 5.74) is 0. The highest BCUT2D eigenvalue weighted by atomic mass is 15.1. The molecular formula is C73H145N. The van der Waals surface area contributed by atoms with Crippen LogP contribution in [0.2, 0.25) is 0 Å². The Bertz CT molecular complexity index is 933. The van der Waals surface area contributed by atoms with E-state index in [2.05, 4.69) is 56.9 Å². The molecule has 0 aromatic heterocycles. The zero-order valence-electron chi connectivity index (χ0n) is 52.6. The summed E-state index contributed by atoms with van der Waals surface area (Å²) < 4.78 is 0. The Morgan fingerprint density at radius 1 is 0.189 bits per heavy atom. The topological polar surface area (TPSA) is 3.24 Å². The van der Waals surface area contributed by atoms with Crippen molar-refractivity contribution in [1.82, 2.24) is 4.90 Å². The SMILES string of the molecule is CCCCCCCC/C=C\CCCCCCCCC(CCCCCCCC/C=C\CCCCCCCC)N(CCCCCCCCCCCCCCCCCC)CCCCCCCCCCCCCCCCCC. The Balaban J connectivity index is 4.98. The first-order valence-corrected chi connectivity index (χ1v) is 35.8. The lowest BCUT2D eigenvalue weighted by atomic mass is 9.97. The van der Waals surface area contributed by atoms with Crippen molar-refractivity contribution in [3.05, 3.63) is 24.3 Å². The van der Waals surface area contributed by atoms with Crippen molar-refractivity contribution >= 4 is 0 Å². The van der Waals surface area contributed by atoms with Gasteiger partial charge in [0.25, 0.3) is 0 Å². The molecule has 0 radical (unpaired) electrons. The highest BCUT2D eigenvalue weighted by Crippen LogP contribution is 2.23. The van der Waals surface area contributed by atoms with Gasteiger partial charge in [0, 0.05) is 6.04 Å². The molecule has 0 rings (SSSR count). The van der Waals surface area contributed by atoms with Gasteiger partial charge in [-0.25, -0.2) is 0 Å². The van der Waals surface area contributed by atoms with Crippen molar-refractivity contribution in [3.63, 3.8) is 0 Å². The fraction of sp³-hybridized carbons (Fsp3) is 0.945. The fourth-order valence-corrected chi connectivity index (χ4v) is 12.0. The maximum Gasteiger partial charge on any atom is 0.00952 e. The van der Waals surface area contributed by atoms with E-state index in [1.54, 1.807) is 0 Å². The van der Waals surface area contributed by atoms with Gasteiger partial charge in [0.2, 0.25) is 0 Å². The van der Waals surface area contributed by atoms with Crippen LogP contribution >= 0.6 is 0 Å². The van der Waals surface area contributed by atoms with Crippen LogP contribution in [0.1, 0.15) is 426 Å². The zero-order valence-corrected chi connectivity index (χ0v) is 52.6. The quantitative estimate of drug-likeness (QED) is 0.0433. The predicted octanol–water partition coefficient (Wildman–Crippen LogP) is 27.0. The summed E-state index contributed by atoms with van der Waals surface area (Å²) in [6, 6.07) is 0.830. The first-order chi connectivity index (χ1) is 36.8. The molecule has 0 aliphatic rings. The molecule has 442 valence electrons. The molecule has 0 bridgehead atoms. The first-order valence-electron chi connectivity index (χ1n) is 35.8. The van der Waals surface area contributed by atoms with Crippen LogP contribution in [-0.4, -0.2) is 24.0 Å². The van der Waals surface area contributed by atoms with E-state index in [1.807, 2.05) is 0 Å². The summed E-state index contributed by atoms with van der Waals surface area (Å²) >= 11 is 0. The molecule has 0 aliphatic heterocycles. The normalized spacial score (nSPS) is 12.1. The fourth-order valence-electron chi connectivity index (χ4n) is 12.0. The zero-order chi connectivity index (χ0) is 53.2. The van der Waals surface area contributed by atoms with E-state index in [9.17, 15) is 0 Å². The molecule has 0 aliphatic carbocycles. The number of rotatable bonds is 67. The standard InChI is InChI=1S/C73H145N/c1-5-9-13-17-21-25-29-33-37-41-45-49-53-57-61-65-69-73(70-66-62-58-54-50-46-42-38-34-30-26-22-18-14-10-6-2)74(71-67-63-59-55-51-47-43-39-35-31-27-23-19-15-11-7-3)72-68-64-60-56-52-48-44-40-36-32-28-24-20-16-12-8-4/h33-34,37-38,73H,5-32,35-36,39-72H2,1-4H3/b37-33-,38-34-. The van der Waals surface area contributed by atoms with Crippen molar-refractivity contribution in [1.29, 1.82) is 0 Å². The molecule has 0 saturated carbocycles. The van der Waals surface area contributed by atoms with E-state index in [4.69, 9.17) is 0 Å². The second-order valence-corrected chi connectivity index (χ2v) is 24.7. The van der Waals surface area contributed by atoms with Gasteiger partial charge < -0.3 is 4.90 Å². The van der Waals surface area contributed by atoms with Gasteiger partial charge in [-0.05, 0) is 90.1 Å². The predicted molar refractivity (Wildman–Crippen MR) is 343 cm³/mol. The molecule has 74 heavy (non-hydrogen) atoms. The number of allylic oxidation sites excluding steroid dienone is 4. The van der Waals surface area contributed by atoms with Crippen molar-refractivity contribution in [2.45, 2.75) is 432 Å². The molecule has 0 spiro atoms. The van der Waals surface area contributed by atoms with Crippen LogP contribution in [0.25, 0.3) is 0 Å². The Kier molecular flexibility index (Phi) is 68.0. The lowest BCUT2D eigenvalue weighted by Gasteiger charge is -2.32. The minimum atomic E-state index is 0.830. The molecule has 0 N–H and O–H groups in total. The van der Waals surface area contributed by atoms with Gasteiger partial charge >= 0.3 is 0 Å². The second kappa shape index (κ2) is 68.5. The highest BCUT2D eigenvalue weighted by Gasteiger charge is 2.18. The minimum absolute atomic E-state index is 0.830. The molecule has 1 nitrogen and oxygen atoms in total. The largest absolute Gasteiger partial charge is 0.300 e. The molecule has 0 aromatic rings. The number of hydrogen-bond acceptors (Lipinski definition) is 1. The average molecular weight is 1040 g/mol. The summed E-state index contributed by atoms with van der Waals surface area (Å²) in [6.45, 7) is 12.0. The van der Waals surface area contributed by atoms with E-state index >= 15 is 0 Å². The third-order valence-corrected chi connectivity index (χ3v) is 17.2. The molecule has 0 heterocycles. The second-order valence-electron chi connectivity index (χ2n) is 24.7. The maximum absolute atomic E-state index is 3.09. The first kappa shape index (κ1) is 73.4. The molecular weight excluding hydrogens is 891 g/mol. The summed E-state index contributed by atoms with van der Waals surface area (Å²) in [4.78, 5) is 3.09. The van der Waals surface area contributed by atoms with Crippen LogP contribution in [0.5, 0.6) is 0 Å². The van der Waals surface area contributed by atoms with Gasteiger partial charge in [-0.2, -0.15) is 0 Å². The van der Waals surface area contributed by atoms with E-state index in [1.165, 1.54) is 411 Å². The Morgan fingerprint density at radius 3 is 0.554 bits per heavy atom. The smallest absolute Gasteiger partial charge is 0.00952 e. The van der Waals surface area contributed by atoms with Gasteiger partial charge in [-0.3, -0.25) is 0 Å². The molecule has 1 heteroatoms. The van der Waals surface area contributed by atoms with Gasteiger partial charge in [-0.15, -0.1) is 0 Å². The molecule has 0 aromatic carbocycles. The van der Waals surface area contributed by atoms with Gasteiger partial charge in [0.1, 0.15) is 0 Å². The van der Waals surface area contributed by atoms with Gasteiger partial charge in [0.05, 0.1) is 0 Å². The summed E-state index contributed by atoms with van der Waals surface area (Å²) in [6.07, 6.45) is 99.4. The van der Waals surface area contributed by atoms with Crippen LogP contribution in [0, 0.1) is 0 Å². The summed E-state index contributed by atoms with van der Waals surface area (Å²) in [5, 5.41) is 0. The van der Waals surface area contributed by atoms with Crippen molar-refractivity contribution in [3.8, 4) is 0 Å². The van der Waals surface area contributed by atoms with Crippen LogP contribution in [0.3, 0.4) is 0 Å². The number of hydrogen-bond donors (Lipinski definition) is 0. The molecule has 0 unspecified atom stereocenters. The number of nitrogens with zero attached hydrogens (tertiary/aromatic N) is 1. The lowest BCUT2D eigenvalue weighted by Crippen LogP contribution is -2.37. The third kappa shape index (κ3) is 62.3. The lowest BCUT2D eigenvalue weighted by molar-refractivity contribution is 0.163. The Labute approximate surface area is 471 Å².